The number of rotatable bonds is 4. The van der Waals surface area contributed by atoms with Crippen molar-refractivity contribution in [3.8, 4) is 0 Å². The molecule has 2 rings (SSSR count). The van der Waals surface area contributed by atoms with Crippen molar-refractivity contribution >= 4 is 23.2 Å². The maximum Gasteiger partial charge on any atom is 0.255 e. The molecule has 0 unspecified atom stereocenters. The molecule has 0 radical (unpaired) electrons. The monoisotopic (exact) mass is 297 g/mol. The van der Waals surface area contributed by atoms with Crippen LogP contribution in [0.2, 0.25) is 0 Å². The highest BCUT2D eigenvalue weighted by Crippen LogP contribution is 2.16. The summed E-state index contributed by atoms with van der Waals surface area (Å²) in [6.45, 7) is 3.57. The van der Waals surface area contributed by atoms with Gasteiger partial charge in [-0.3, -0.25) is 9.59 Å². The number of nitrogens with two attached hydrogens (primary N) is 1. The summed E-state index contributed by atoms with van der Waals surface area (Å²) in [5.74, 6) is -0.474. The van der Waals surface area contributed by atoms with Crippen LogP contribution in [0.1, 0.15) is 22.8 Å². The summed E-state index contributed by atoms with van der Waals surface area (Å²) in [6.07, 6.45) is 0. The van der Waals surface area contributed by atoms with E-state index in [1.54, 1.807) is 43.3 Å². The van der Waals surface area contributed by atoms with Crippen molar-refractivity contribution in [3.63, 3.8) is 0 Å². The fourth-order valence-corrected chi connectivity index (χ4v) is 1.84. The molecule has 0 aliphatic carbocycles. The van der Waals surface area contributed by atoms with Gasteiger partial charge in [-0.1, -0.05) is 23.8 Å². The quantitative estimate of drug-likeness (QED) is 0.810. The lowest BCUT2D eigenvalue weighted by atomic mass is 10.1. The van der Waals surface area contributed by atoms with Crippen LogP contribution in [0.3, 0.4) is 0 Å². The summed E-state index contributed by atoms with van der Waals surface area (Å²) in [7, 11) is 0. The average Bonchev–Trinajstić information content (AvgIpc) is 2.48. The van der Waals surface area contributed by atoms with Crippen molar-refractivity contribution in [2.75, 3.05) is 10.6 Å². The van der Waals surface area contributed by atoms with Gasteiger partial charge in [0.25, 0.3) is 5.91 Å². The molecule has 0 heterocycles. The first-order valence-corrected chi connectivity index (χ1v) is 7.00. The topological polar surface area (TPSA) is 84.2 Å². The van der Waals surface area contributed by atoms with Gasteiger partial charge in [0.05, 0.1) is 6.04 Å². The molecule has 2 aromatic rings. The van der Waals surface area contributed by atoms with E-state index < -0.39 is 6.04 Å². The van der Waals surface area contributed by atoms with E-state index >= 15 is 0 Å². The van der Waals surface area contributed by atoms with Gasteiger partial charge in [-0.2, -0.15) is 0 Å². The highest BCUT2D eigenvalue weighted by atomic mass is 16.2. The zero-order valence-corrected chi connectivity index (χ0v) is 12.6. The lowest BCUT2D eigenvalue weighted by Gasteiger charge is -2.10. The van der Waals surface area contributed by atoms with Crippen molar-refractivity contribution in [2.24, 2.45) is 5.73 Å². The fourth-order valence-electron chi connectivity index (χ4n) is 1.84. The van der Waals surface area contributed by atoms with E-state index in [1.165, 1.54) is 0 Å². The second-order valence-electron chi connectivity index (χ2n) is 5.18. The van der Waals surface area contributed by atoms with Crippen molar-refractivity contribution in [3.05, 3.63) is 59.7 Å². The lowest BCUT2D eigenvalue weighted by Crippen LogP contribution is -2.32. The van der Waals surface area contributed by atoms with E-state index in [0.717, 1.165) is 5.56 Å². The van der Waals surface area contributed by atoms with Crippen LogP contribution in [0.4, 0.5) is 11.4 Å². The minimum Gasteiger partial charge on any atom is -0.325 e. The normalized spacial score (nSPS) is 11.6. The van der Waals surface area contributed by atoms with Crippen LogP contribution in [0, 0.1) is 6.92 Å². The number of hydrogen-bond donors (Lipinski definition) is 3. The summed E-state index contributed by atoms with van der Waals surface area (Å²) < 4.78 is 0. The van der Waals surface area contributed by atoms with Crippen LogP contribution in [-0.4, -0.2) is 17.9 Å². The first kappa shape index (κ1) is 15.7. The number of nitrogens with one attached hydrogen (secondary N) is 2. The fraction of sp³-hybridized carbons (Fsp3) is 0.176. The van der Waals surface area contributed by atoms with Crippen LogP contribution in [0.15, 0.2) is 48.5 Å². The maximum absolute atomic E-state index is 12.1. The number of aryl methyl sites for hydroxylation is 1. The standard InChI is InChI=1S/C17H19N3O2/c1-11-6-8-13(9-7-11)17(22)20-15-5-3-4-14(10-15)19-16(21)12(2)18/h3-10,12H,18H2,1-2H3,(H,19,21)(H,20,22)/t12-/m0/s1. The highest BCUT2D eigenvalue weighted by Gasteiger charge is 2.09. The predicted octanol–water partition coefficient (Wildman–Crippen LogP) is 2.53. The summed E-state index contributed by atoms with van der Waals surface area (Å²) in [5, 5.41) is 5.49. The van der Waals surface area contributed by atoms with E-state index in [2.05, 4.69) is 10.6 Å². The molecule has 5 nitrogen and oxygen atoms in total. The first-order valence-electron chi connectivity index (χ1n) is 7.00. The van der Waals surface area contributed by atoms with Crippen LogP contribution >= 0.6 is 0 Å². The van der Waals surface area contributed by atoms with Crippen LogP contribution in [0.5, 0.6) is 0 Å². The molecular weight excluding hydrogens is 278 g/mol. The lowest BCUT2D eigenvalue weighted by molar-refractivity contribution is -0.117. The molecule has 0 saturated carbocycles. The van der Waals surface area contributed by atoms with Gasteiger partial charge in [0, 0.05) is 16.9 Å². The largest absolute Gasteiger partial charge is 0.325 e. The minimum absolute atomic E-state index is 0.198. The Hall–Kier alpha value is -2.66. The van der Waals surface area contributed by atoms with Crippen molar-refractivity contribution in [1.82, 2.24) is 0 Å². The van der Waals surface area contributed by atoms with Crippen molar-refractivity contribution in [2.45, 2.75) is 19.9 Å². The Kier molecular flexibility index (Phi) is 4.91. The molecule has 1 atom stereocenters. The van der Waals surface area contributed by atoms with Crippen molar-refractivity contribution < 1.29 is 9.59 Å². The molecule has 114 valence electrons. The third kappa shape index (κ3) is 4.17. The number of hydrogen-bond acceptors (Lipinski definition) is 3. The second kappa shape index (κ2) is 6.87. The molecule has 0 fully saturated rings. The molecule has 0 bridgehead atoms. The van der Waals surface area contributed by atoms with E-state index in [9.17, 15) is 9.59 Å². The molecule has 22 heavy (non-hydrogen) atoms. The number of anilines is 2. The molecule has 0 aromatic heterocycles. The third-order valence-electron chi connectivity index (χ3n) is 3.12. The van der Waals surface area contributed by atoms with Gasteiger partial charge >= 0.3 is 0 Å². The summed E-state index contributed by atoms with van der Waals surface area (Å²) >= 11 is 0. The number of amides is 2. The van der Waals surface area contributed by atoms with Gasteiger partial charge in [-0.15, -0.1) is 0 Å². The molecule has 4 N–H and O–H groups in total. The van der Waals surface area contributed by atoms with Gasteiger partial charge in [-0.25, -0.2) is 0 Å². The molecule has 5 heteroatoms. The highest BCUT2D eigenvalue weighted by molar-refractivity contribution is 6.04. The zero-order chi connectivity index (χ0) is 16.1. The van der Waals surface area contributed by atoms with Crippen molar-refractivity contribution in [1.29, 1.82) is 0 Å². The Morgan fingerprint density at radius 3 is 2.18 bits per heavy atom. The van der Waals surface area contributed by atoms with Crippen LogP contribution < -0.4 is 16.4 Å². The Bertz CT molecular complexity index is 679. The molecule has 0 spiro atoms. The second-order valence-corrected chi connectivity index (χ2v) is 5.18. The van der Waals surface area contributed by atoms with E-state index in [1.807, 2.05) is 19.1 Å². The predicted molar refractivity (Wildman–Crippen MR) is 87.9 cm³/mol. The Morgan fingerprint density at radius 2 is 1.59 bits per heavy atom. The minimum atomic E-state index is -0.592. The first-order chi connectivity index (χ1) is 10.5. The smallest absolute Gasteiger partial charge is 0.255 e. The Balaban J connectivity index is 2.08. The zero-order valence-electron chi connectivity index (χ0n) is 12.6. The molecule has 0 aliphatic heterocycles. The number of carbonyl (C=O) groups is 2. The van der Waals surface area contributed by atoms with Gasteiger partial charge < -0.3 is 16.4 Å². The Morgan fingerprint density at radius 1 is 1.00 bits per heavy atom. The Labute approximate surface area is 129 Å². The van der Waals surface area contributed by atoms with Gasteiger partial charge in [0.15, 0.2) is 0 Å². The van der Waals surface area contributed by atoms with Gasteiger partial charge in [0.2, 0.25) is 5.91 Å². The maximum atomic E-state index is 12.1. The van der Waals surface area contributed by atoms with E-state index in [0.29, 0.717) is 16.9 Å². The molecule has 0 saturated heterocycles. The summed E-state index contributed by atoms with van der Waals surface area (Å²) in [6, 6.07) is 13.6. The molecule has 2 aromatic carbocycles. The third-order valence-corrected chi connectivity index (χ3v) is 3.12. The van der Waals surface area contributed by atoms with Gasteiger partial charge in [-0.05, 0) is 44.2 Å². The number of benzene rings is 2. The van der Waals surface area contributed by atoms with E-state index in [4.69, 9.17) is 5.73 Å². The summed E-state index contributed by atoms with van der Waals surface area (Å²) in [5.41, 5.74) is 8.37. The molecule has 0 aliphatic rings. The molecular formula is C17H19N3O2. The van der Waals surface area contributed by atoms with Crippen LogP contribution in [-0.2, 0) is 4.79 Å². The van der Waals surface area contributed by atoms with E-state index in [-0.39, 0.29) is 11.8 Å². The number of carbonyl (C=O) groups excluding carboxylic acids is 2. The summed E-state index contributed by atoms with van der Waals surface area (Å²) in [4.78, 5) is 23.7. The van der Waals surface area contributed by atoms with Crippen LogP contribution in [0.25, 0.3) is 0 Å². The van der Waals surface area contributed by atoms with Gasteiger partial charge in [0.1, 0.15) is 0 Å². The SMILES string of the molecule is Cc1ccc(C(=O)Nc2cccc(NC(=O)[C@H](C)N)c2)cc1. The molecule has 2 amide bonds. The average molecular weight is 297 g/mol.